The molecule has 0 radical (unpaired) electrons. The van der Waals surface area contributed by atoms with Gasteiger partial charge >= 0.3 is 0 Å². The van der Waals surface area contributed by atoms with Crippen LogP contribution in [0.4, 0.5) is 5.69 Å². The third-order valence-corrected chi connectivity index (χ3v) is 7.60. The minimum atomic E-state index is -0.555. The molecule has 7 heteroatoms. The molecule has 1 saturated carbocycles. The quantitative estimate of drug-likeness (QED) is 0.403. The number of benzene rings is 3. The van der Waals surface area contributed by atoms with Crippen molar-refractivity contribution in [1.29, 1.82) is 0 Å². The number of carbonyl (C=O) groups is 2. The van der Waals surface area contributed by atoms with E-state index in [-0.39, 0.29) is 36.7 Å². The molecular weight excluding hydrogens is 480 g/mol. The summed E-state index contributed by atoms with van der Waals surface area (Å²) >= 11 is 0. The van der Waals surface area contributed by atoms with Crippen LogP contribution in [0.25, 0.3) is 11.1 Å². The van der Waals surface area contributed by atoms with Gasteiger partial charge in [0.2, 0.25) is 12.7 Å². The molecule has 3 N–H and O–H groups in total. The minimum absolute atomic E-state index is 0.0320. The molecule has 0 bridgehead atoms. The van der Waals surface area contributed by atoms with E-state index in [9.17, 15) is 14.7 Å². The van der Waals surface area contributed by atoms with Crippen molar-refractivity contribution in [3.8, 4) is 22.6 Å². The normalized spacial score (nSPS) is 16.0. The highest BCUT2D eigenvalue weighted by molar-refractivity contribution is 6.02. The number of anilines is 1. The summed E-state index contributed by atoms with van der Waals surface area (Å²) in [7, 11) is 0. The number of aliphatic hydroxyl groups excluding tert-OH is 1. The maximum absolute atomic E-state index is 13.4. The Balaban J connectivity index is 1.31. The SMILES string of the molecule is Cc1ccc(NC(=O)C2(c3ccc4c(c3)OCO4)CC2)cc1-c1ccc(C(=O)N[C@H](CO)C(C)(C)C)cc1. The second kappa shape index (κ2) is 9.80. The molecule has 198 valence electrons. The van der Waals surface area contributed by atoms with Gasteiger partial charge < -0.3 is 25.2 Å². The van der Waals surface area contributed by atoms with Crippen molar-refractivity contribution >= 4 is 17.5 Å². The highest BCUT2D eigenvalue weighted by Gasteiger charge is 2.51. The van der Waals surface area contributed by atoms with Crippen molar-refractivity contribution in [2.75, 3.05) is 18.7 Å². The van der Waals surface area contributed by atoms with E-state index >= 15 is 0 Å². The molecule has 0 aromatic heterocycles. The lowest BCUT2D eigenvalue weighted by Crippen LogP contribution is -2.46. The average Bonchev–Trinajstić information content (AvgIpc) is 3.58. The Morgan fingerprint density at radius 3 is 2.34 bits per heavy atom. The molecule has 1 fully saturated rings. The van der Waals surface area contributed by atoms with Gasteiger partial charge in [-0.25, -0.2) is 0 Å². The molecule has 1 atom stereocenters. The molecule has 2 aliphatic rings. The summed E-state index contributed by atoms with van der Waals surface area (Å²) in [6, 6.07) is 18.6. The molecule has 7 nitrogen and oxygen atoms in total. The lowest BCUT2D eigenvalue weighted by Gasteiger charge is -2.29. The molecular formula is C31H34N2O5. The van der Waals surface area contributed by atoms with Gasteiger partial charge in [0.15, 0.2) is 11.5 Å². The summed E-state index contributed by atoms with van der Waals surface area (Å²) in [6.07, 6.45) is 1.57. The number of fused-ring (bicyclic) bond motifs is 1. The van der Waals surface area contributed by atoms with Crippen LogP contribution in [0.2, 0.25) is 0 Å². The lowest BCUT2D eigenvalue weighted by atomic mass is 9.87. The first-order chi connectivity index (χ1) is 18.1. The average molecular weight is 515 g/mol. The monoisotopic (exact) mass is 514 g/mol. The number of carbonyl (C=O) groups excluding carboxylic acids is 2. The number of amides is 2. The van der Waals surface area contributed by atoms with Gasteiger partial charge in [0, 0.05) is 11.3 Å². The van der Waals surface area contributed by atoms with Gasteiger partial charge in [0.05, 0.1) is 18.1 Å². The van der Waals surface area contributed by atoms with Crippen LogP contribution in [0.15, 0.2) is 60.7 Å². The lowest BCUT2D eigenvalue weighted by molar-refractivity contribution is -0.118. The largest absolute Gasteiger partial charge is 0.454 e. The van der Waals surface area contributed by atoms with Crippen LogP contribution in [0, 0.1) is 12.3 Å². The van der Waals surface area contributed by atoms with Crippen molar-refractivity contribution in [3.05, 3.63) is 77.4 Å². The summed E-state index contributed by atoms with van der Waals surface area (Å²) in [5, 5.41) is 15.7. The number of hydrogen-bond donors (Lipinski definition) is 3. The van der Waals surface area contributed by atoms with Crippen molar-refractivity contribution < 1.29 is 24.2 Å². The number of rotatable bonds is 7. The Kier molecular flexibility index (Phi) is 6.65. The zero-order chi connectivity index (χ0) is 27.1. The molecule has 2 amide bonds. The van der Waals surface area contributed by atoms with Crippen LogP contribution in [0.5, 0.6) is 11.5 Å². The second-order valence-corrected chi connectivity index (χ2v) is 11.3. The summed E-state index contributed by atoms with van der Waals surface area (Å²) in [5.74, 6) is 1.14. The number of hydrogen-bond acceptors (Lipinski definition) is 5. The summed E-state index contributed by atoms with van der Waals surface area (Å²) < 4.78 is 10.9. The van der Waals surface area contributed by atoms with Crippen molar-refractivity contribution in [1.82, 2.24) is 5.32 Å². The Morgan fingerprint density at radius 2 is 1.68 bits per heavy atom. The van der Waals surface area contributed by atoms with E-state index in [1.165, 1.54) is 0 Å². The fourth-order valence-electron chi connectivity index (χ4n) is 4.81. The smallest absolute Gasteiger partial charge is 0.251 e. The molecule has 5 rings (SSSR count). The number of nitrogens with one attached hydrogen (secondary N) is 2. The van der Waals surface area contributed by atoms with Crippen LogP contribution in [-0.2, 0) is 10.2 Å². The summed E-state index contributed by atoms with van der Waals surface area (Å²) in [6.45, 7) is 8.03. The minimum Gasteiger partial charge on any atom is -0.454 e. The molecule has 0 unspecified atom stereocenters. The van der Waals surface area contributed by atoms with Gasteiger partial charge in [-0.2, -0.15) is 0 Å². The van der Waals surface area contributed by atoms with E-state index in [1.54, 1.807) is 12.1 Å². The molecule has 3 aromatic carbocycles. The van der Waals surface area contributed by atoms with Crippen molar-refractivity contribution in [2.24, 2.45) is 5.41 Å². The Morgan fingerprint density at radius 1 is 0.974 bits per heavy atom. The summed E-state index contributed by atoms with van der Waals surface area (Å²) in [4.78, 5) is 26.1. The van der Waals surface area contributed by atoms with E-state index in [4.69, 9.17) is 9.47 Å². The van der Waals surface area contributed by atoms with Gasteiger partial charge in [-0.15, -0.1) is 0 Å². The first-order valence-electron chi connectivity index (χ1n) is 13.0. The van der Waals surface area contributed by atoms with Crippen LogP contribution < -0.4 is 20.1 Å². The van der Waals surface area contributed by atoms with Crippen LogP contribution >= 0.6 is 0 Å². The third kappa shape index (κ3) is 4.98. The van der Waals surface area contributed by atoms with Crippen LogP contribution in [-0.4, -0.2) is 36.4 Å². The second-order valence-electron chi connectivity index (χ2n) is 11.3. The first-order valence-corrected chi connectivity index (χ1v) is 13.0. The van der Waals surface area contributed by atoms with E-state index in [1.807, 2.05) is 76.2 Å². The topological polar surface area (TPSA) is 96.9 Å². The van der Waals surface area contributed by atoms with Gasteiger partial charge in [-0.05, 0) is 83.8 Å². The van der Waals surface area contributed by atoms with Gasteiger partial charge in [-0.3, -0.25) is 9.59 Å². The third-order valence-electron chi connectivity index (χ3n) is 7.60. The Labute approximate surface area is 223 Å². The Hall–Kier alpha value is -3.84. The number of ether oxygens (including phenoxy) is 2. The van der Waals surface area contributed by atoms with Gasteiger partial charge in [-0.1, -0.05) is 45.0 Å². The fraction of sp³-hybridized carbons (Fsp3) is 0.355. The van der Waals surface area contributed by atoms with E-state index in [0.29, 0.717) is 17.1 Å². The van der Waals surface area contributed by atoms with Gasteiger partial charge in [0.1, 0.15) is 0 Å². The molecule has 0 saturated heterocycles. The van der Waals surface area contributed by atoms with E-state index < -0.39 is 5.41 Å². The number of aryl methyl sites for hydroxylation is 1. The van der Waals surface area contributed by atoms with Crippen LogP contribution in [0.1, 0.15) is 55.1 Å². The zero-order valence-electron chi connectivity index (χ0n) is 22.3. The first kappa shape index (κ1) is 25.8. The highest BCUT2D eigenvalue weighted by atomic mass is 16.7. The highest BCUT2D eigenvalue weighted by Crippen LogP contribution is 2.51. The number of aliphatic hydroxyl groups is 1. The maximum atomic E-state index is 13.4. The standard InChI is InChI=1S/C31H34N2O5/c1-19-5-11-23(32-29(36)31(13-14-31)22-10-12-25-26(15-22)38-18-37-25)16-24(19)20-6-8-21(9-7-20)28(35)33-27(17-34)30(2,3)4/h5-12,15-16,27,34H,13-14,17-18H2,1-4H3,(H,32,36)(H,33,35)/t27-/m1/s1. The van der Waals surface area contributed by atoms with Crippen molar-refractivity contribution in [2.45, 2.75) is 52.0 Å². The van der Waals surface area contributed by atoms with E-state index in [2.05, 4.69) is 10.6 Å². The molecule has 1 aliphatic heterocycles. The predicted octanol–water partition coefficient (Wildman–Crippen LogP) is 5.20. The van der Waals surface area contributed by atoms with Gasteiger partial charge in [0.25, 0.3) is 5.91 Å². The molecule has 1 heterocycles. The zero-order valence-corrected chi connectivity index (χ0v) is 22.3. The molecule has 38 heavy (non-hydrogen) atoms. The van der Waals surface area contributed by atoms with E-state index in [0.717, 1.165) is 40.8 Å². The molecule has 0 spiro atoms. The molecule has 3 aromatic rings. The predicted molar refractivity (Wildman–Crippen MR) is 147 cm³/mol. The fourth-order valence-corrected chi connectivity index (χ4v) is 4.81. The Bertz CT molecular complexity index is 1370. The summed E-state index contributed by atoms with van der Waals surface area (Å²) in [5.41, 5.74) is 4.36. The maximum Gasteiger partial charge on any atom is 0.251 e. The molecule has 1 aliphatic carbocycles. The van der Waals surface area contributed by atoms with Crippen LogP contribution in [0.3, 0.4) is 0 Å². The van der Waals surface area contributed by atoms with Crippen molar-refractivity contribution in [3.63, 3.8) is 0 Å².